The molecule has 2 aromatic rings. The lowest BCUT2D eigenvalue weighted by Crippen LogP contribution is -2.07. The molecule has 2 rings (SSSR count). The molecule has 20 heavy (non-hydrogen) atoms. The Balaban J connectivity index is 1.95. The van der Waals surface area contributed by atoms with Crippen LogP contribution in [0.4, 0.5) is 0 Å². The third kappa shape index (κ3) is 4.00. The zero-order valence-corrected chi connectivity index (χ0v) is 12.4. The lowest BCUT2D eigenvalue weighted by atomic mass is 10.2. The van der Waals surface area contributed by atoms with E-state index >= 15 is 0 Å². The summed E-state index contributed by atoms with van der Waals surface area (Å²) < 4.78 is 13.0. The van der Waals surface area contributed by atoms with Gasteiger partial charge < -0.3 is 14.0 Å². The van der Waals surface area contributed by atoms with Gasteiger partial charge in [0.1, 0.15) is 0 Å². The van der Waals surface area contributed by atoms with Gasteiger partial charge in [0, 0.05) is 25.8 Å². The van der Waals surface area contributed by atoms with Crippen molar-refractivity contribution >= 4 is 12.2 Å². The van der Waals surface area contributed by atoms with E-state index in [4.69, 9.17) is 21.7 Å². The highest BCUT2D eigenvalue weighted by Gasteiger charge is 2.07. The first-order chi connectivity index (χ1) is 9.83. The molecule has 5 nitrogen and oxygen atoms in total. The van der Waals surface area contributed by atoms with E-state index < -0.39 is 0 Å². The first kappa shape index (κ1) is 14.9. The lowest BCUT2D eigenvalue weighted by Gasteiger charge is -2.07. The van der Waals surface area contributed by atoms with E-state index in [9.17, 15) is 0 Å². The Morgan fingerprint density at radius 3 is 2.75 bits per heavy atom. The van der Waals surface area contributed by atoms with Crippen molar-refractivity contribution in [2.75, 3.05) is 26.9 Å². The van der Waals surface area contributed by atoms with Gasteiger partial charge in [-0.05, 0) is 18.6 Å². The van der Waals surface area contributed by atoms with Gasteiger partial charge in [-0.25, -0.2) is 0 Å². The fourth-order valence-electron chi connectivity index (χ4n) is 1.90. The molecule has 0 bridgehead atoms. The quantitative estimate of drug-likeness (QED) is 0.600. The maximum Gasteiger partial charge on any atom is 0.195 e. The standard InChI is InChI=1S/C14H19N3O2S/c1-18-10-11-19-9-5-8-17-13(15-16-14(17)20)12-6-3-2-4-7-12/h2-4,6-7H,5,8-11H2,1H3,(H,16,20). The summed E-state index contributed by atoms with van der Waals surface area (Å²) in [7, 11) is 1.67. The smallest absolute Gasteiger partial charge is 0.195 e. The molecule has 0 radical (unpaired) electrons. The van der Waals surface area contributed by atoms with Crippen LogP contribution < -0.4 is 0 Å². The monoisotopic (exact) mass is 293 g/mol. The molecule has 0 saturated carbocycles. The average molecular weight is 293 g/mol. The third-order valence-corrected chi connectivity index (χ3v) is 3.20. The molecule has 0 unspecified atom stereocenters. The van der Waals surface area contributed by atoms with E-state index in [0.717, 1.165) is 24.4 Å². The van der Waals surface area contributed by atoms with Crippen LogP contribution in [-0.2, 0) is 16.0 Å². The van der Waals surface area contributed by atoms with Crippen LogP contribution in [0.25, 0.3) is 11.4 Å². The molecule has 0 saturated heterocycles. The van der Waals surface area contributed by atoms with Gasteiger partial charge in [0.15, 0.2) is 10.6 Å². The molecule has 0 aliphatic rings. The van der Waals surface area contributed by atoms with Crippen molar-refractivity contribution < 1.29 is 9.47 Å². The number of aromatic amines is 1. The van der Waals surface area contributed by atoms with Crippen molar-refractivity contribution in [2.24, 2.45) is 0 Å². The van der Waals surface area contributed by atoms with Crippen LogP contribution in [-0.4, -0.2) is 41.7 Å². The molecule has 1 heterocycles. The number of methoxy groups -OCH3 is 1. The summed E-state index contributed by atoms with van der Waals surface area (Å²) in [5.74, 6) is 0.868. The first-order valence-corrected chi connectivity index (χ1v) is 7.01. The average Bonchev–Trinajstić information content (AvgIpc) is 2.85. The van der Waals surface area contributed by atoms with Gasteiger partial charge in [-0.15, -0.1) is 0 Å². The fraction of sp³-hybridized carbons (Fsp3) is 0.429. The number of rotatable bonds is 8. The zero-order chi connectivity index (χ0) is 14.2. The van der Waals surface area contributed by atoms with Gasteiger partial charge in [-0.2, -0.15) is 5.10 Å². The highest BCUT2D eigenvalue weighted by atomic mass is 32.1. The van der Waals surface area contributed by atoms with Crippen LogP contribution >= 0.6 is 12.2 Å². The van der Waals surface area contributed by atoms with E-state index in [2.05, 4.69) is 10.2 Å². The summed E-state index contributed by atoms with van der Waals surface area (Å²) >= 11 is 5.28. The van der Waals surface area contributed by atoms with Crippen molar-refractivity contribution in [1.29, 1.82) is 0 Å². The van der Waals surface area contributed by atoms with E-state index in [1.807, 2.05) is 34.9 Å². The van der Waals surface area contributed by atoms with E-state index in [-0.39, 0.29) is 0 Å². The normalized spacial score (nSPS) is 10.8. The van der Waals surface area contributed by atoms with Crippen LogP contribution in [0.1, 0.15) is 6.42 Å². The minimum absolute atomic E-state index is 0.624. The SMILES string of the molecule is COCCOCCCn1c(-c2ccccc2)n[nH]c1=S. The number of ether oxygens (including phenoxy) is 2. The predicted molar refractivity (Wildman–Crippen MR) is 80.2 cm³/mol. The molecule has 1 N–H and O–H groups in total. The highest BCUT2D eigenvalue weighted by Crippen LogP contribution is 2.16. The molecule has 0 atom stereocenters. The second kappa shape index (κ2) is 7.94. The van der Waals surface area contributed by atoms with E-state index in [1.54, 1.807) is 7.11 Å². The maximum absolute atomic E-state index is 5.45. The molecule has 0 aliphatic carbocycles. The van der Waals surface area contributed by atoms with Gasteiger partial charge in [0.25, 0.3) is 0 Å². The Morgan fingerprint density at radius 1 is 1.20 bits per heavy atom. The molecular formula is C14H19N3O2S. The van der Waals surface area contributed by atoms with Crippen LogP contribution in [0, 0.1) is 4.77 Å². The van der Waals surface area contributed by atoms with Gasteiger partial charge >= 0.3 is 0 Å². The van der Waals surface area contributed by atoms with Gasteiger partial charge in [0.05, 0.1) is 13.2 Å². The van der Waals surface area contributed by atoms with Crippen molar-refractivity contribution in [3.05, 3.63) is 35.1 Å². The largest absolute Gasteiger partial charge is 0.382 e. The van der Waals surface area contributed by atoms with Gasteiger partial charge in [-0.3, -0.25) is 5.10 Å². The summed E-state index contributed by atoms with van der Waals surface area (Å²) in [5, 5.41) is 7.15. The van der Waals surface area contributed by atoms with Crippen molar-refractivity contribution in [3.63, 3.8) is 0 Å². The Bertz CT molecular complexity index is 565. The Hall–Kier alpha value is -1.50. The number of nitrogens with zero attached hydrogens (tertiary/aromatic N) is 2. The molecule has 0 spiro atoms. The summed E-state index contributed by atoms with van der Waals surface area (Å²) in [5.41, 5.74) is 1.06. The first-order valence-electron chi connectivity index (χ1n) is 6.60. The molecule has 0 fully saturated rings. The number of benzene rings is 1. The summed E-state index contributed by atoms with van der Waals surface area (Å²) in [6, 6.07) is 10.0. The summed E-state index contributed by atoms with van der Waals surface area (Å²) in [6.45, 7) is 2.72. The minimum Gasteiger partial charge on any atom is -0.382 e. The maximum atomic E-state index is 5.45. The lowest BCUT2D eigenvalue weighted by molar-refractivity contribution is 0.0680. The Kier molecular flexibility index (Phi) is 5.91. The van der Waals surface area contributed by atoms with Crippen molar-refractivity contribution in [1.82, 2.24) is 14.8 Å². The molecule has 6 heteroatoms. The Morgan fingerprint density at radius 2 is 2.00 bits per heavy atom. The molecule has 108 valence electrons. The molecular weight excluding hydrogens is 274 g/mol. The van der Waals surface area contributed by atoms with Crippen LogP contribution in [0.3, 0.4) is 0 Å². The highest BCUT2D eigenvalue weighted by molar-refractivity contribution is 7.71. The molecule has 1 aromatic carbocycles. The number of nitrogens with one attached hydrogen (secondary N) is 1. The van der Waals surface area contributed by atoms with E-state index in [1.165, 1.54) is 0 Å². The number of hydrogen-bond donors (Lipinski definition) is 1. The van der Waals surface area contributed by atoms with Crippen molar-refractivity contribution in [2.45, 2.75) is 13.0 Å². The third-order valence-electron chi connectivity index (χ3n) is 2.89. The number of H-pyrrole nitrogens is 1. The number of hydrogen-bond acceptors (Lipinski definition) is 4. The molecule has 0 aliphatic heterocycles. The summed E-state index contributed by atoms with van der Waals surface area (Å²) in [4.78, 5) is 0. The zero-order valence-electron chi connectivity index (χ0n) is 11.5. The van der Waals surface area contributed by atoms with Crippen LogP contribution in [0.5, 0.6) is 0 Å². The van der Waals surface area contributed by atoms with Crippen LogP contribution in [0.2, 0.25) is 0 Å². The fourth-order valence-corrected chi connectivity index (χ4v) is 2.13. The molecule has 0 amide bonds. The Labute approximate surface area is 123 Å². The minimum atomic E-state index is 0.624. The van der Waals surface area contributed by atoms with E-state index in [0.29, 0.717) is 24.6 Å². The number of aromatic nitrogens is 3. The van der Waals surface area contributed by atoms with Crippen molar-refractivity contribution in [3.8, 4) is 11.4 Å². The topological polar surface area (TPSA) is 52.1 Å². The van der Waals surface area contributed by atoms with Gasteiger partial charge in [0.2, 0.25) is 0 Å². The second-order valence-electron chi connectivity index (χ2n) is 4.33. The summed E-state index contributed by atoms with van der Waals surface area (Å²) in [6.07, 6.45) is 0.886. The van der Waals surface area contributed by atoms with Crippen LogP contribution in [0.15, 0.2) is 30.3 Å². The predicted octanol–water partition coefficient (Wildman–Crippen LogP) is 2.66. The van der Waals surface area contributed by atoms with Gasteiger partial charge in [-0.1, -0.05) is 30.3 Å². The second-order valence-corrected chi connectivity index (χ2v) is 4.72. The molecule has 1 aromatic heterocycles.